The summed E-state index contributed by atoms with van der Waals surface area (Å²) in [6.45, 7) is 11.1. The van der Waals surface area contributed by atoms with E-state index in [0.717, 1.165) is 30.5 Å². The highest BCUT2D eigenvalue weighted by Gasteiger charge is 2.43. The van der Waals surface area contributed by atoms with Crippen LogP contribution in [0.1, 0.15) is 59.3 Å². The molecule has 1 aliphatic heterocycles. The summed E-state index contributed by atoms with van der Waals surface area (Å²) in [4.78, 5) is 2.84. The molecule has 2 saturated carbocycles. The molecule has 19 heavy (non-hydrogen) atoms. The predicted octanol–water partition coefficient (Wildman–Crippen LogP) is 3.28. The van der Waals surface area contributed by atoms with E-state index in [9.17, 15) is 0 Å². The lowest BCUT2D eigenvalue weighted by molar-refractivity contribution is 0.0699. The van der Waals surface area contributed by atoms with Crippen molar-refractivity contribution in [2.75, 3.05) is 19.6 Å². The smallest absolute Gasteiger partial charge is 0.0159 e. The summed E-state index contributed by atoms with van der Waals surface area (Å²) in [5.41, 5.74) is 0.484. The van der Waals surface area contributed by atoms with Gasteiger partial charge < -0.3 is 5.32 Å². The van der Waals surface area contributed by atoms with E-state index >= 15 is 0 Å². The Kier molecular flexibility index (Phi) is 3.92. The summed E-state index contributed by atoms with van der Waals surface area (Å²) >= 11 is 0. The minimum atomic E-state index is 0.484. The number of fused-ring (bicyclic) bond motifs is 2. The lowest BCUT2D eigenvalue weighted by Gasteiger charge is -2.46. The Labute approximate surface area is 119 Å². The molecule has 0 aromatic rings. The number of hydrogen-bond donors (Lipinski definition) is 1. The molecule has 2 heteroatoms. The van der Waals surface area contributed by atoms with E-state index in [4.69, 9.17) is 0 Å². The minimum Gasteiger partial charge on any atom is -0.313 e. The normalized spacial score (nSPS) is 41.8. The monoisotopic (exact) mass is 264 g/mol. The van der Waals surface area contributed by atoms with E-state index in [2.05, 4.69) is 31.0 Å². The molecule has 0 spiro atoms. The van der Waals surface area contributed by atoms with Crippen LogP contribution in [0.15, 0.2) is 0 Å². The first-order chi connectivity index (χ1) is 9.10. The van der Waals surface area contributed by atoms with E-state index in [1.165, 1.54) is 51.6 Å². The fourth-order valence-corrected chi connectivity index (χ4v) is 5.19. The summed E-state index contributed by atoms with van der Waals surface area (Å²) in [5.74, 6) is 1.92. The summed E-state index contributed by atoms with van der Waals surface area (Å²) in [6, 6.07) is 1.67. The summed E-state index contributed by atoms with van der Waals surface area (Å²) < 4.78 is 0. The topological polar surface area (TPSA) is 15.3 Å². The Morgan fingerprint density at radius 3 is 2.68 bits per heavy atom. The summed E-state index contributed by atoms with van der Waals surface area (Å²) in [6.07, 6.45) is 8.76. The number of rotatable bonds is 4. The quantitative estimate of drug-likeness (QED) is 0.838. The average molecular weight is 264 g/mol. The van der Waals surface area contributed by atoms with Crippen molar-refractivity contribution in [3.05, 3.63) is 0 Å². The van der Waals surface area contributed by atoms with Crippen molar-refractivity contribution >= 4 is 0 Å². The predicted molar refractivity (Wildman–Crippen MR) is 81.3 cm³/mol. The average Bonchev–Trinajstić information content (AvgIpc) is 2.95. The Hall–Kier alpha value is -0.0800. The van der Waals surface area contributed by atoms with Crippen molar-refractivity contribution in [2.24, 2.45) is 17.3 Å². The molecule has 0 aromatic carbocycles. The van der Waals surface area contributed by atoms with Gasteiger partial charge in [-0.15, -0.1) is 0 Å². The highest BCUT2D eigenvalue weighted by Crippen LogP contribution is 2.42. The second kappa shape index (κ2) is 5.37. The maximum atomic E-state index is 3.82. The van der Waals surface area contributed by atoms with Crippen LogP contribution < -0.4 is 5.32 Å². The third-order valence-corrected chi connectivity index (χ3v) is 6.13. The first kappa shape index (κ1) is 13.9. The van der Waals surface area contributed by atoms with Gasteiger partial charge in [0.2, 0.25) is 0 Å². The molecular formula is C17H32N2. The molecule has 0 amide bonds. The fourth-order valence-electron chi connectivity index (χ4n) is 5.19. The zero-order valence-electron chi connectivity index (χ0n) is 13.1. The van der Waals surface area contributed by atoms with Crippen molar-refractivity contribution in [1.82, 2.24) is 10.2 Å². The van der Waals surface area contributed by atoms with Crippen LogP contribution in [0.3, 0.4) is 0 Å². The van der Waals surface area contributed by atoms with E-state index < -0.39 is 0 Å². The first-order valence-corrected chi connectivity index (χ1v) is 8.57. The molecule has 0 aromatic heterocycles. The maximum absolute atomic E-state index is 3.82. The fraction of sp³-hybridized carbons (Fsp3) is 1.00. The molecule has 1 N–H and O–H groups in total. The lowest BCUT2D eigenvalue weighted by Crippen LogP contribution is -2.53. The maximum Gasteiger partial charge on any atom is 0.0159 e. The van der Waals surface area contributed by atoms with Gasteiger partial charge in [-0.3, -0.25) is 4.90 Å². The third kappa shape index (κ3) is 2.71. The van der Waals surface area contributed by atoms with Gasteiger partial charge in [0.05, 0.1) is 0 Å². The van der Waals surface area contributed by atoms with Crippen LogP contribution in [-0.4, -0.2) is 36.6 Å². The van der Waals surface area contributed by atoms with Gasteiger partial charge in [-0.1, -0.05) is 27.2 Å². The highest BCUT2D eigenvalue weighted by atomic mass is 15.2. The number of hydrogen-bond acceptors (Lipinski definition) is 2. The zero-order chi connectivity index (χ0) is 13.5. The highest BCUT2D eigenvalue weighted by molar-refractivity contribution is 4.98. The molecule has 2 bridgehead atoms. The number of piperidine rings is 1. The van der Waals surface area contributed by atoms with Crippen molar-refractivity contribution in [3.8, 4) is 0 Å². The molecule has 0 radical (unpaired) electrons. The van der Waals surface area contributed by atoms with Gasteiger partial charge in [-0.2, -0.15) is 0 Å². The number of nitrogens with one attached hydrogen (secondary N) is 1. The van der Waals surface area contributed by atoms with Crippen LogP contribution in [0.4, 0.5) is 0 Å². The van der Waals surface area contributed by atoms with Gasteiger partial charge in [0.1, 0.15) is 0 Å². The molecule has 2 nitrogen and oxygen atoms in total. The Morgan fingerprint density at radius 1 is 1.21 bits per heavy atom. The number of likely N-dealkylation sites (tertiary alicyclic amines) is 1. The van der Waals surface area contributed by atoms with E-state index in [-0.39, 0.29) is 0 Å². The van der Waals surface area contributed by atoms with Crippen LogP contribution in [0.2, 0.25) is 0 Å². The molecule has 3 rings (SSSR count). The third-order valence-electron chi connectivity index (χ3n) is 6.13. The Morgan fingerprint density at radius 2 is 2.05 bits per heavy atom. The molecule has 1 heterocycles. The Balaban J connectivity index is 1.64. The lowest BCUT2D eigenvalue weighted by atomic mass is 9.67. The van der Waals surface area contributed by atoms with Crippen LogP contribution in [0.25, 0.3) is 0 Å². The van der Waals surface area contributed by atoms with E-state index in [1.54, 1.807) is 0 Å². The minimum absolute atomic E-state index is 0.484. The van der Waals surface area contributed by atoms with E-state index in [0.29, 0.717) is 5.41 Å². The molecule has 4 unspecified atom stereocenters. The first-order valence-electron chi connectivity index (χ1n) is 8.57. The van der Waals surface area contributed by atoms with Gasteiger partial charge in [0.15, 0.2) is 0 Å². The van der Waals surface area contributed by atoms with Crippen molar-refractivity contribution in [1.29, 1.82) is 0 Å². The van der Waals surface area contributed by atoms with Crippen molar-refractivity contribution < 1.29 is 0 Å². The van der Waals surface area contributed by atoms with Crippen LogP contribution in [0, 0.1) is 17.3 Å². The SMILES string of the molecule is CCNC1C(CN2CC3CCC2C3)CCCC1(C)C. The summed E-state index contributed by atoms with van der Waals surface area (Å²) in [7, 11) is 0. The van der Waals surface area contributed by atoms with Gasteiger partial charge in [-0.25, -0.2) is 0 Å². The van der Waals surface area contributed by atoms with Gasteiger partial charge in [0, 0.05) is 25.2 Å². The number of nitrogens with zero attached hydrogens (tertiary/aromatic N) is 1. The van der Waals surface area contributed by atoms with Crippen LogP contribution in [-0.2, 0) is 0 Å². The van der Waals surface area contributed by atoms with Crippen molar-refractivity contribution in [3.63, 3.8) is 0 Å². The molecule has 3 aliphatic rings. The molecule has 1 saturated heterocycles. The van der Waals surface area contributed by atoms with Crippen molar-refractivity contribution in [2.45, 2.75) is 71.4 Å². The molecular weight excluding hydrogens is 232 g/mol. The zero-order valence-corrected chi connectivity index (χ0v) is 13.1. The Bertz CT molecular complexity index is 312. The van der Waals surface area contributed by atoms with Gasteiger partial charge in [0.25, 0.3) is 0 Å². The van der Waals surface area contributed by atoms with Crippen LogP contribution >= 0.6 is 0 Å². The molecule has 4 atom stereocenters. The second-order valence-electron chi connectivity index (χ2n) is 7.96. The van der Waals surface area contributed by atoms with Crippen LogP contribution in [0.5, 0.6) is 0 Å². The largest absolute Gasteiger partial charge is 0.313 e. The standard InChI is InChI=1S/C17H32N2/c1-4-18-16-14(6-5-9-17(16,2)3)12-19-11-13-7-8-15(19)10-13/h13-16,18H,4-12H2,1-3H3. The molecule has 3 fully saturated rings. The summed E-state index contributed by atoms with van der Waals surface area (Å²) in [5, 5.41) is 3.82. The second-order valence-corrected chi connectivity index (χ2v) is 7.96. The van der Waals surface area contributed by atoms with Gasteiger partial charge in [-0.05, 0) is 55.9 Å². The molecule has 2 aliphatic carbocycles. The van der Waals surface area contributed by atoms with E-state index in [1.807, 2.05) is 0 Å². The molecule has 110 valence electrons. The van der Waals surface area contributed by atoms with Gasteiger partial charge >= 0.3 is 0 Å².